The molecule has 43 heavy (non-hydrogen) atoms. The fraction of sp³-hybridized carbons (Fsp3) is 0.576. The van der Waals surface area contributed by atoms with Crippen LogP contribution in [0, 0.1) is 11.8 Å². The second kappa shape index (κ2) is 13.9. The van der Waals surface area contributed by atoms with Gasteiger partial charge >= 0.3 is 5.97 Å². The number of carbonyl (C=O) groups is 4. The zero-order valence-corrected chi connectivity index (χ0v) is 25.4. The van der Waals surface area contributed by atoms with Crippen LogP contribution in [-0.2, 0) is 28.7 Å². The average Bonchev–Trinajstić information content (AvgIpc) is 3.65. The molecule has 1 aromatic carbocycles. The summed E-state index contributed by atoms with van der Waals surface area (Å²) in [6, 6.07) is 6.82. The lowest BCUT2D eigenvalue weighted by Crippen LogP contribution is -2.59. The van der Waals surface area contributed by atoms with Crippen LogP contribution in [0.5, 0.6) is 0 Å². The van der Waals surface area contributed by atoms with Gasteiger partial charge in [-0.15, -0.1) is 13.2 Å². The van der Waals surface area contributed by atoms with Crippen LogP contribution in [0.1, 0.15) is 64.5 Å². The van der Waals surface area contributed by atoms with Gasteiger partial charge in [-0.1, -0.05) is 49.4 Å². The third-order valence-electron chi connectivity index (χ3n) is 9.06. The zero-order chi connectivity index (χ0) is 31.3. The Balaban J connectivity index is 1.66. The molecular formula is C33H45N3O7. The van der Waals surface area contributed by atoms with Crippen molar-refractivity contribution in [2.24, 2.45) is 11.8 Å². The van der Waals surface area contributed by atoms with Crippen LogP contribution >= 0.6 is 0 Å². The van der Waals surface area contributed by atoms with Gasteiger partial charge in [0.2, 0.25) is 17.7 Å². The van der Waals surface area contributed by atoms with Gasteiger partial charge in [0.25, 0.3) is 0 Å². The minimum atomic E-state index is -1.18. The Bertz CT molecular complexity index is 1200. The van der Waals surface area contributed by atoms with Gasteiger partial charge in [0.05, 0.1) is 36.6 Å². The number of benzene rings is 1. The molecule has 0 aromatic heterocycles. The number of amides is 3. The molecule has 0 radical (unpaired) electrons. The molecular weight excluding hydrogens is 550 g/mol. The topological polar surface area (TPSA) is 125 Å². The second-order valence-corrected chi connectivity index (χ2v) is 11.9. The van der Waals surface area contributed by atoms with Crippen LogP contribution in [-0.4, -0.2) is 88.2 Å². The quantitative estimate of drug-likeness (QED) is 0.236. The Morgan fingerprint density at radius 3 is 2.56 bits per heavy atom. The number of aliphatic hydroxyl groups excluding tert-OH is 1. The molecule has 1 spiro atoms. The fourth-order valence-corrected chi connectivity index (χ4v) is 6.97. The lowest BCUT2D eigenvalue weighted by molar-refractivity contribution is -0.152. The number of hydrogen-bond acceptors (Lipinski definition) is 7. The lowest BCUT2D eigenvalue weighted by Gasteiger charge is -2.40. The van der Waals surface area contributed by atoms with Gasteiger partial charge in [-0.05, 0) is 45.1 Å². The smallest absolute Gasteiger partial charge is 0.306 e. The predicted octanol–water partition coefficient (Wildman–Crippen LogP) is 2.92. The van der Waals surface area contributed by atoms with Crippen molar-refractivity contribution in [2.75, 3.05) is 19.8 Å². The van der Waals surface area contributed by atoms with Crippen LogP contribution in [0.3, 0.4) is 0 Å². The van der Waals surface area contributed by atoms with Gasteiger partial charge in [0.15, 0.2) is 0 Å². The molecule has 0 saturated carbocycles. The van der Waals surface area contributed by atoms with Crippen molar-refractivity contribution in [1.29, 1.82) is 0 Å². The number of esters is 1. The van der Waals surface area contributed by atoms with Gasteiger partial charge in [-0.2, -0.15) is 0 Å². The summed E-state index contributed by atoms with van der Waals surface area (Å²) in [5.74, 6) is -3.14. The maximum absolute atomic E-state index is 14.3. The van der Waals surface area contributed by atoms with E-state index in [1.165, 1.54) is 4.90 Å². The van der Waals surface area contributed by atoms with Crippen molar-refractivity contribution in [3.63, 3.8) is 0 Å². The first-order valence-corrected chi connectivity index (χ1v) is 15.3. The molecule has 4 rings (SSSR count). The number of ether oxygens (including phenoxy) is 2. The lowest BCUT2D eigenvalue weighted by atomic mass is 9.70. The van der Waals surface area contributed by atoms with E-state index < -0.39 is 53.5 Å². The largest absolute Gasteiger partial charge is 0.463 e. The van der Waals surface area contributed by atoms with E-state index in [1.54, 1.807) is 17.1 Å². The van der Waals surface area contributed by atoms with Crippen molar-refractivity contribution in [3.8, 4) is 0 Å². The first kappa shape index (κ1) is 32.4. The zero-order valence-electron chi connectivity index (χ0n) is 25.4. The molecule has 7 atom stereocenters. The molecule has 3 aliphatic rings. The number of rotatable bonds is 15. The molecule has 3 saturated heterocycles. The summed E-state index contributed by atoms with van der Waals surface area (Å²) in [6.07, 6.45) is 4.82. The molecule has 234 valence electrons. The third kappa shape index (κ3) is 6.13. The Labute approximate surface area is 254 Å². The van der Waals surface area contributed by atoms with Gasteiger partial charge < -0.3 is 29.7 Å². The van der Waals surface area contributed by atoms with Crippen molar-refractivity contribution in [1.82, 2.24) is 15.1 Å². The van der Waals surface area contributed by atoms with E-state index in [0.29, 0.717) is 32.2 Å². The summed E-state index contributed by atoms with van der Waals surface area (Å²) in [5.41, 5.74) is -0.432. The highest BCUT2D eigenvalue weighted by Gasteiger charge is 2.75. The van der Waals surface area contributed by atoms with Gasteiger partial charge in [-0.25, -0.2) is 0 Å². The van der Waals surface area contributed by atoms with Crippen LogP contribution in [0.15, 0.2) is 55.6 Å². The van der Waals surface area contributed by atoms with Crippen molar-refractivity contribution < 1.29 is 33.8 Å². The number of hydrogen-bond donors (Lipinski definition) is 2. The maximum Gasteiger partial charge on any atom is 0.306 e. The Hall–Kier alpha value is -3.50. The molecule has 2 bridgehead atoms. The number of allylic oxidation sites excluding steroid dienone is 1. The van der Waals surface area contributed by atoms with Crippen molar-refractivity contribution in [3.05, 3.63) is 61.2 Å². The molecule has 2 N–H and O–H groups in total. The monoisotopic (exact) mass is 595 g/mol. The van der Waals surface area contributed by atoms with Gasteiger partial charge in [0, 0.05) is 19.0 Å². The first-order valence-electron chi connectivity index (χ1n) is 15.3. The van der Waals surface area contributed by atoms with Crippen molar-refractivity contribution in [2.45, 2.75) is 88.7 Å². The van der Waals surface area contributed by atoms with Crippen LogP contribution in [0.4, 0.5) is 0 Å². The van der Waals surface area contributed by atoms with Crippen LogP contribution in [0.25, 0.3) is 0 Å². The van der Waals surface area contributed by atoms with E-state index in [2.05, 4.69) is 18.5 Å². The molecule has 1 aromatic rings. The fourth-order valence-electron chi connectivity index (χ4n) is 6.97. The van der Waals surface area contributed by atoms with E-state index in [-0.39, 0.29) is 37.5 Å². The van der Waals surface area contributed by atoms with E-state index in [1.807, 2.05) is 51.1 Å². The summed E-state index contributed by atoms with van der Waals surface area (Å²) >= 11 is 0. The normalized spacial score (nSPS) is 27.0. The summed E-state index contributed by atoms with van der Waals surface area (Å²) in [7, 11) is 0. The third-order valence-corrected chi connectivity index (χ3v) is 9.06. The highest BCUT2D eigenvalue weighted by atomic mass is 16.5. The Kier molecular flexibility index (Phi) is 10.4. The summed E-state index contributed by atoms with van der Waals surface area (Å²) in [4.78, 5) is 58.0. The number of nitrogens with zero attached hydrogens (tertiary/aromatic N) is 2. The maximum atomic E-state index is 14.3. The average molecular weight is 596 g/mol. The first-order chi connectivity index (χ1) is 20.6. The Morgan fingerprint density at radius 1 is 1.23 bits per heavy atom. The van der Waals surface area contributed by atoms with Crippen molar-refractivity contribution >= 4 is 23.7 Å². The molecule has 3 amide bonds. The van der Waals surface area contributed by atoms with Crippen LogP contribution in [0.2, 0.25) is 0 Å². The summed E-state index contributed by atoms with van der Waals surface area (Å²) < 4.78 is 12.1. The summed E-state index contributed by atoms with van der Waals surface area (Å²) in [5, 5.41) is 13.3. The molecule has 10 heteroatoms. The van der Waals surface area contributed by atoms with Gasteiger partial charge in [-0.3, -0.25) is 19.2 Å². The summed E-state index contributed by atoms with van der Waals surface area (Å²) in [6.45, 7) is 13.0. The molecule has 3 fully saturated rings. The number of fused-ring (bicyclic) bond motifs is 1. The van der Waals surface area contributed by atoms with Gasteiger partial charge in [0.1, 0.15) is 18.2 Å². The highest BCUT2D eigenvalue weighted by molar-refractivity contribution is 5.99. The molecule has 10 nitrogen and oxygen atoms in total. The van der Waals surface area contributed by atoms with E-state index in [4.69, 9.17) is 9.47 Å². The Morgan fingerprint density at radius 2 is 1.95 bits per heavy atom. The van der Waals surface area contributed by atoms with E-state index >= 15 is 0 Å². The number of likely N-dealkylation sites (tertiary alicyclic amines) is 1. The molecule has 3 aliphatic heterocycles. The van der Waals surface area contributed by atoms with E-state index in [0.717, 1.165) is 5.56 Å². The minimum Gasteiger partial charge on any atom is -0.463 e. The number of nitrogens with one attached hydrogen (secondary N) is 1. The standard InChI is InChI=1S/C33H45N3O7/c1-6-9-15-26(38)42-20-24(22-13-11-10-12-14-22)34-30(39)27-25-16-17-33(43-25)28(27)31(40)36(23(8-3)19-37)29(33)32(41)35(18-7-2)21(4)5/h6-7,10-14,21,23-25,27-29,37H,1-2,8-9,15-20H2,3-5H3,(H,34,39)/t23-,24-,25-,27+,28+,29-,33+/m0/s1. The predicted molar refractivity (Wildman–Crippen MR) is 160 cm³/mol. The SMILES string of the molecule is C=CCCC(=O)OC[C@H](NC(=O)[C@@H]1[C@@H]2CC[C@]3(O2)[C@H](C(=O)N(CC=C)C(C)C)N([C@@H](CC)CO)C(=O)[C@@H]13)c1ccccc1. The van der Waals surface area contributed by atoms with Crippen LogP contribution < -0.4 is 5.32 Å². The molecule has 3 heterocycles. The number of aliphatic hydroxyl groups is 1. The second-order valence-electron chi connectivity index (χ2n) is 11.9. The molecule has 0 aliphatic carbocycles. The molecule has 0 unspecified atom stereocenters. The highest BCUT2D eigenvalue weighted by Crippen LogP contribution is 2.59. The number of carbonyl (C=O) groups excluding carboxylic acids is 4. The van der Waals surface area contributed by atoms with E-state index in [9.17, 15) is 24.3 Å². The minimum absolute atomic E-state index is 0.0751.